The van der Waals surface area contributed by atoms with E-state index < -0.39 is 11.6 Å². The van der Waals surface area contributed by atoms with Crippen LogP contribution in [-0.4, -0.2) is 44.3 Å². The number of ether oxygens (including phenoxy) is 1. The van der Waals surface area contributed by atoms with Crippen LogP contribution >= 0.6 is 0 Å². The van der Waals surface area contributed by atoms with Gasteiger partial charge in [-0.1, -0.05) is 6.08 Å². The number of anilines is 1. The van der Waals surface area contributed by atoms with Crippen LogP contribution in [0, 0.1) is 17.6 Å². The van der Waals surface area contributed by atoms with Gasteiger partial charge in [0.2, 0.25) is 5.82 Å². The number of nitrogens with one attached hydrogen (secondary N) is 3. The Bertz CT molecular complexity index is 924. The summed E-state index contributed by atoms with van der Waals surface area (Å²) in [5.74, 6) is -0.397. The van der Waals surface area contributed by atoms with Gasteiger partial charge in [0, 0.05) is 43.0 Å². The SMILES string of the molecule is CC1C2=C(CCN1c1cc(F)c(F)c(OCC3CC3)c1)NC(C1NC=CCN1)=NC2. The highest BCUT2D eigenvalue weighted by Crippen LogP contribution is 2.35. The second-order valence-electron chi connectivity index (χ2n) is 8.35. The molecular formula is C22H27F2N5O. The minimum atomic E-state index is -0.904. The van der Waals surface area contributed by atoms with Crippen molar-refractivity contribution in [3.05, 3.63) is 47.3 Å². The Morgan fingerprint density at radius 1 is 1.27 bits per heavy atom. The maximum Gasteiger partial charge on any atom is 0.200 e. The Kier molecular flexibility index (Phi) is 5.10. The van der Waals surface area contributed by atoms with Crippen molar-refractivity contribution in [1.82, 2.24) is 16.0 Å². The van der Waals surface area contributed by atoms with Crippen molar-refractivity contribution in [2.45, 2.75) is 38.4 Å². The minimum Gasteiger partial charge on any atom is -0.490 e. The number of hydrogen-bond donors (Lipinski definition) is 3. The number of hydrogen-bond acceptors (Lipinski definition) is 6. The second kappa shape index (κ2) is 7.91. The first-order valence-electron chi connectivity index (χ1n) is 10.7. The Morgan fingerprint density at radius 2 is 2.13 bits per heavy atom. The molecule has 0 aromatic heterocycles. The summed E-state index contributed by atoms with van der Waals surface area (Å²) in [4.78, 5) is 6.83. The molecule has 0 bridgehead atoms. The highest BCUT2D eigenvalue weighted by Gasteiger charge is 2.32. The van der Waals surface area contributed by atoms with E-state index in [-0.39, 0.29) is 18.0 Å². The monoisotopic (exact) mass is 415 g/mol. The van der Waals surface area contributed by atoms with Crippen LogP contribution in [-0.2, 0) is 0 Å². The summed E-state index contributed by atoms with van der Waals surface area (Å²) in [5, 5.41) is 10.1. The Hall–Kier alpha value is -2.61. The van der Waals surface area contributed by atoms with Gasteiger partial charge in [-0.15, -0.1) is 0 Å². The number of halogens is 2. The lowest BCUT2D eigenvalue weighted by atomic mass is 9.95. The van der Waals surface area contributed by atoms with E-state index in [9.17, 15) is 8.78 Å². The summed E-state index contributed by atoms with van der Waals surface area (Å²) < 4.78 is 34.1. The number of nitrogens with zero attached hydrogens (tertiary/aromatic N) is 2. The zero-order valence-corrected chi connectivity index (χ0v) is 17.0. The smallest absolute Gasteiger partial charge is 0.200 e. The summed E-state index contributed by atoms with van der Waals surface area (Å²) in [6.07, 6.45) is 6.93. The molecule has 4 aliphatic rings. The summed E-state index contributed by atoms with van der Waals surface area (Å²) in [6, 6.07) is 2.93. The first-order valence-corrected chi connectivity index (χ1v) is 10.7. The first-order chi connectivity index (χ1) is 14.6. The van der Waals surface area contributed by atoms with E-state index in [1.165, 1.54) is 17.3 Å². The van der Waals surface area contributed by atoms with Crippen molar-refractivity contribution in [3.8, 4) is 5.75 Å². The van der Waals surface area contributed by atoms with Crippen molar-refractivity contribution in [1.29, 1.82) is 0 Å². The van der Waals surface area contributed by atoms with Gasteiger partial charge in [0.25, 0.3) is 0 Å². The van der Waals surface area contributed by atoms with Crippen molar-refractivity contribution < 1.29 is 13.5 Å². The molecule has 3 N–H and O–H groups in total. The van der Waals surface area contributed by atoms with Gasteiger partial charge >= 0.3 is 0 Å². The molecule has 5 rings (SSSR count). The van der Waals surface area contributed by atoms with Crippen LogP contribution in [0.1, 0.15) is 26.2 Å². The number of benzene rings is 1. The first kappa shape index (κ1) is 19.4. The van der Waals surface area contributed by atoms with E-state index in [1.54, 1.807) is 6.07 Å². The fourth-order valence-corrected chi connectivity index (χ4v) is 4.23. The third kappa shape index (κ3) is 3.76. The largest absolute Gasteiger partial charge is 0.490 e. The Morgan fingerprint density at radius 3 is 2.90 bits per heavy atom. The molecule has 1 aromatic carbocycles. The van der Waals surface area contributed by atoms with Gasteiger partial charge in [-0.25, -0.2) is 4.39 Å². The molecule has 1 aliphatic carbocycles. The van der Waals surface area contributed by atoms with E-state index in [2.05, 4.69) is 27.8 Å². The molecule has 2 unspecified atom stereocenters. The summed E-state index contributed by atoms with van der Waals surface area (Å²) in [6.45, 7) is 4.63. The van der Waals surface area contributed by atoms with Crippen molar-refractivity contribution >= 4 is 11.5 Å². The molecule has 0 radical (unpaired) electrons. The van der Waals surface area contributed by atoms with Crippen LogP contribution in [0.4, 0.5) is 14.5 Å². The van der Waals surface area contributed by atoms with E-state index in [0.29, 0.717) is 31.3 Å². The Balaban J connectivity index is 1.33. The molecule has 3 aliphatic heterocycles. The number of amidine groups is 1. The fraction of sp³-hybridized carbons (Fsp3) is 0.500. The van der Waals surface area contributed by atoms with E-state index in [4.69, 9.17) is 9.73 Å². The fourth-order valence-electron chi connectivity index (χ4n) is 4.23. The standard InChI is InChI=1S/C22H27F2N5O/c1-13-16-11-27-22(21-25-6-2-7-26-21)28-18(16)5-8-29(13)15-9-17(23)20(24)19(10-15)30-12-14-3-4-14/h2,6,9-10,13-14,21,25-26H,3-5,7-8,11-12H2,1H3,(H,27,28). The lowest BCUT2D eigenvalue weighted by Crippen LogP contribution is -2.56. The van der Waals surface area contributed by atoms with Crippen molar-refractivity contribution in [2.24, 2.45) is 10.9 Å². The van der Waals surface area contributed by atoms with Crippen LogP contribution < -0.4 is 25.6 Å². The van der Waals surface area contributed by atoms with Crippen molar-refractivity contribution in [2.75, 3.05) is 31.1 Å². The highest BCUT2D eigenvalue weighted by molar-refractivity contribution is 5.90. The van der Waals surface area contributed by atoms with Crippen LogP contribution in [0.25, 0.3) is 0 Å². The summed E-state index contributed by atoms with van der Waals surface area (Å²) in [7, 11) is 0. The zero-order valence-electron chi connectivity index (χ0n) is 17.0. The second-order valence-corrected chi connectivity index (χ2v) is 8.35. The molecule has 1 aromatic rings. The van der Waals surface area contributed by atoms with Gasteiger partial charge in [0.15, 0.2) is 11.6 Å². The third-order valence-electron chi connectivity index (χ3n) is 6.24. The maximum absolute atomic E-state index is 14.3. The van der Waals surface area contributed by atoms with Gasteiger partial charge in [0.1, 0.15) is 12.0 Å². The van der Waals surface area contributed by atoms with E-state index >= 15 is 0 Å². The van der Waals surface area contributed by atoms with Gasteiger partial charge < -0.3 is 20.3 Å². The summed E-state index contributed by atoms with van der Waals surface area (Å²) >= 11 is 0. The lowest BCUT2D eigenvalue weighted by molar-refractivity contribution is 0.280. The molecule has 1 saturated carbocycles. The molecule has 0 amide bonds. The van der Waals surface area contributed by atoms with Gasteiger partial charge in [-0.2, -0.15) is 4.39 Å². The normalized spacial score (nSPS) is 26.0. The molecule has 1 fully saturated rings. The minimum absolute atomic E-state index is 0.00783. The number of aliphatic imine (C=N–C) groups is 1. The molecule has 6 nitrogen and oxygen atoms in total. The zero-order chi connectivity index (χ0) is 20.7. The van der Waals surface area contributed by atoms with Crippen LogP contribution in [0.2, 0.25) is 0 Å². The average molecular weight is 415 g/mol. The predicted molar refractivity (Wildman–Crippen MR) is 113 cm³/mol. The van der Waals surface area contributed by atoms with Gasteiger partial charge in [-0.3, -0.25) is 10.3 Å². The van der Waals surface area contributed by atoms with E-state index in [1.807, 2.05) is 12.3 Å². The van der Waals surface area contributed by atoms with E-state index in [0.717, 1.165) is 31.6 Å². The molecule has 8 heteroatoms. The summed E-state index contributed by atoms with van der Waals surface area (Å²) in [5.41, 5.74) is 3.01. The lowest BCUT2D eigenvalue weighted by Gasteiger charge is -2.41. The van der Waals surface area contributed by atoms with Crippen molar-refractivity contribution in [3.63, 3.8) is 0 Å². The van der Waals surface area contributed by atoms with Crippen LogP contribution in [0.5, 0.6) is 5.75 Å². The molecule has 160 valence electrons. The molecule has 30 heavy (non-hydrogen) atoms. The average Bonchev–Trinajstić information content (AvgIpc) is 3.60. The molecular weight excluding hydrogens is 388 g/mol. The highest BCUT2D eigenvalue weighted by atomic mass is 19.2. The van der Waals surface area contributed by atoms with Gasteiger partial charge in [0.05, 0.1) is 19.2 Å². The molecule has 3 heterocycles. The quantitative estimate of drug-likeness (QED) is 0.690. The maximum atomic E-state index is 14.3. The molecule has 0 saturated heterocycles. The van der Waals surface area contributed by atoms with Crippen LogP contribution in [0.15, 0.2) is 40.7 Å². The third-order valence-corrected chi connectivity index (χ3v) is 6.24. The number of rotatable bonds is 5. The topological polar surface area (TPSA) is 60.9 Å². The van der Waals surface area contributed by atoms with Crippen LogP contribution in [0.3, 0.4) is 0 Å². The molecule has 0 spiro atoms. The molecule has 2 atom stereocenters. The predicted octanol–water partition coefficient (Wildman–Crippen LogP) is 2.64. The van der Waals surface area contributed by atoms with Gasteiger partial charge in [-0.05, 0) is 37.5 Å². The Labute approximate surface area is 175 Å².